The van der Waals surface area contributed by atoms with Gasteiger partial charge in [0.15, 0.2) is 5.82 Å². The lowest BCUT2D eigenvalue weighted by atomic mass is 9.98. The fourth-order valence-corrected chi connectivity index (χ4v) is 3.86. The number of hydrogen-bond acceptors (Lipinski definition) is 5. The van der Waals surface area contributed by atoms with E-state index in [1.54, 1.807) is 19.9 Å². The number of nitrogens with zero attached hydrogens (tertiary/aromatic N) is 2. The number of benzene rings is 1. The van der Waals surface area contributed by atoms with Crippen LogP contribution in [0.15, 0.2) is 28.8 Å². The van der Waals surface area contributed by atoms with Gasteiger partial charge in [-0.15, -0.1) is 11.8 Å². The molecule has 0 saturated carbocycles. The molecule has 1 aromatic heterocycles. The maximum atomic E-state index is 12.7. The van der Waals surface area contributed by atoms with Gasteiger partial charge < -0.3 is 14.7 Å². The molecule has 3 rings (SSSR count). The van der Waals surface area contributed by atoms with Gasteiger partial charge in [0.25, 0.3) is 0 Å². The van der Waals surface area contributed by atoms with Gasteiger partial charge in [0.05, 0.1) is 11.0 Å². The van der Waals surface area contributed by atoms with Crippen molar-refractivity contribution in [2.24, 2.45) is 0 Å². The van der Waals surface area contributed by atoms with Crippen LogP contribution in [0.2, 0.25) is 0 Å². The summed E-state index contributed by atoms with van der Waals surface area (Å²) in [6.45, 7) is 6.32. The maximum Gasteiger partial charge on any atom is 0.238 e. The molecule has 7 heteroatoms. The minimum absolute atomic E-state index is 0.0437. The van der Waals surface area contributed by atoms with Gasteiger partial charge in [-0.05, 0) is 44.7 Å². The minimum Gasteiger partial charge on any atom is -0.360 e. The molecule has 1 aliphatic rings. The van der Waals surface area contributed by atoms with Crippen LogP contribution in [0, 0.1) is 13.8 Å². The molecular weight excluding hydrogens is 350 g/mol. The Morgan fingerprint density at radius 3 is 2.92 bits per heavy atom. The molecule has 2 heterocycles. The number of carbonyl (C=O) groups is 2. The number of rotatable bonds is 5. The van der Waals surface area contributed by atoms with E-state index in [1.165, 1.54) is 17.3 Å². The summed E-state index contributed by atoms with van der Waals surface area (Å²) in [7, 11) is 0. The second-order valence-corrected chi connectivity index (χ2v) is 7.83. The van der Waals surface area contributed by atoms with E-state index in [0.29, 0.717) is 11.6 Å². The zero-order valence-corrected chi connectivity index (χ0v) is 16.1. The summed E-state index contributed by atoms with van der Waals surface area (Å²) >= 11 is 1.33. The Labute approximate surface area is 157 Å². The first-order valence-electron chi connectivity index (χ1n) is 8.70. The van der Waals surface area contributed by atoms with E-state index in [2.05, 4.69) is 16.5 Å². The highest BCUT2D eigenvalue weighted by atomic mass is 32.2. The van der Waals surface area contributed by atoms with Gasteiger partial charge in [-0.3, -0.25) is 9.59 Å². The van der Waals surface area contributed by atoms with E-state index in [4.69, 9.17) is 4.52 Å². The molecule has 1 atom stereocenters. The van der Waals surface area contributed by atoms with Crippen molar-refractivity contribution in [2.75, 3.05) is 22.5 Å². The first-order valence-corrected chi connectivity index (χ1v) is 9.75. The normalized spacial score (nSPS) is 14.7. The van der Waals surface area contributed by atoms with Crippen LogP contribution in [-0.2, 0) is 16.0 Å². The molecule has 6 nitrogen and oxygen atoms in total. The van der Waals surface area contributed by atoms with Crippen molar-refractivity contribution >= 4 is 35.1 Å². The SMILES string of the molecule is Cc1cc(NC(=O)[C@@H](C)SCC(=O)N2CCCc3cccc(C)c32)no1. The van der Waals surface area contributed by atoms with Crippen molar-refractivity contribution in [3.63, 3.8) is 0 Å². The van der Waals surface area contributed by atoms with Crippen LogP contribution >= 0.6 is 11.8 Å². The van der Waals surface area contributed by atoms with Crippen molar-refractivity contribution in [1.29, 1.82) is 0 Å². The third kappa shape index (κ3) is 4.09. The minimum atomic E-state index is -0.364. The first kappa shape index (κ1) is 18.5. The van der Waals surface area contributed by atoms with E-state index in [-0.39, 0.29) is 22.8 Å². The molecule has 0 fully saturated rings. The van der Waals surface area contributed by atoms with Gasteiger partial charge in [-0.25, -0.2) is 0 Å². The molecule has 138 valence electrons. The number of carbonyl (C=O) groups excluding carboxylic acids is 2. The summed E-state index contributed by atoms with van der Waals surface area (Å²) < 4.78 is 4.93. The molecule has 1 aliphatic heterocycles. The van der Waals surface area contributed by atoms with Crippen molar-refractivity contribution in [2.45, 2.75) is 38.9 Å². The standard InChI is InChI=1S/C19H23N3O3S/c1-12-6-4-7-15-8-5-9-22(18(12)15)17(23)11-26-14(3)19(24)20-16-10-13(2)25-21-16/h4,6-7,10,14H,5,8-9,11H2,1-3H3,(H,20,21,24)/t14-/m1/s1. The number of fused-ring (bicyclic) bond motifs is 1. The molecule has 0 unspecified atom stereocenters. The van der Waals surface area contributed by atoms with E-state index < -0.39 is 0 Å². The Balaban J connectivity index is 1.58. The lowest BCUT2D eigenvalue weighted by molar-refractivity contribution is -0.116. The van der Waals surface area contributed by atoms with Crippen LogP contribution in [0.3, 0.4) is 0 Å². The predicted molar refractivity (Wildman–Crippen MR) is 104 cm³/mol. The molecule has 2 amide bonds. The van der Waals surface area contributed by atoms with Gasteiger partial charge in [0.1, 0.15) is 5.76 Å². The van der Waals surface area contributed by atoms with Crippen LogP contribution in [0.5, 0.6) is 0 Å². The number of anilines is 2. The molecular formula is C19H23N3O3S. The molecule has 2 aromatic rings. The largest absolute Gasteiger partial charge is 0.360 e. The highest BCUT2D eigenvalue weighted by Crippen LogP contribution is 2.31. The summed E-state index contributed by atoms with van der Waals surface area (Å²) in [5, 5.41) is 6.09. The molecule has 1 N–H and O–H groups in total. The topological polar surface area (TPSA) is 75.4 Å². The fraction of sp³-hybridized carbons (Fsp3) is 0.421. The van der Waals surface area contributed by atoms with Crippen molar-refractivity contribution in [1.82, 2.24) is 5.16 Å². The Bertz CT molecular complexity index is 818. The Morgan fingerprint density at radius 2 is 2.19 bits per heavy atom. The molecule has 0 spiro atoms. The van der Waals surface area contributed by atoms with Crippen molar-refractivity contribution in [3.8, 4) is 0 Å². The van der Waals surface area contributed by atoms with E-state index in [0.717, 1.165) is 30.6 Å². The summed E-state index contributed by atoms with van der Waals surface area (Å²) in [5.41, 5.74) is 3.38. The highest BCUT2D eigenvalue weighted by molar-refractivity contribution is 8.01. The molecule has 0 radical (unpaired) electrons. The van der Waals surface area contributed by atoms with E-state index in [1.807, 2.05) is 24.0 Å². The first-order chi connectivity index (χ1) is 12.5. The smallest absolute Gasteiger partial charge is 0.238 e. The zero-order chi connectivity index (χ0) is 18.7. The summed E-state index contributed by atoms with van der Waals surface area (Å²) in [4.78, 5) is 26.8. The molecule has 0 bridgehead atoms. The van der Waals surface area contributed by atoms with Gasteiger partial charge in [0.2, 0.25) is 11.8 Å². The predicted octanol–water partition coefficient (Wildman–Crippen LogP) is 3.33. The van der Waals surface area contributed by atoms with Gasteiger partial charge in [0, 0.05) is 18.3 Å². The zero-order valence-electron chi connectivity index (χ0n) is 15.2. The second-order valence-electron chi connectivity index (χ2n) is 6.50. The lowest BCUT2D eigenvalue weighted by Crippen LogP contribution is -2.38. The number of para-hydroxylation sites is 1. The third-order valence-corrected chi connectivity index (χ3v) is 5.55. The lowest BCUT2D eigenvalue weighted by Gasteiger charge is -2.31. The van der Waals surface area contributed by atoms with Gasteiger partial charge in [-0.1, -0.05) is 23.4 Å². The summed E-state index contributed by atoms with van der Waals surface area (Å²) in [6.07, 6.45) is 1.97. The molecule has 1 aromatic carbocycles. The van der Waals surface area contributed by atoms with Crippen LogP contribution in [-0.4, -0.2) is 34.5 Å². The van der Waals surface area contributed by atoms with Crippen LogP contribution in [0.25, 0.3) is 0 Å². The van der Waals surface area contributed by atoms with Gasteiger partial charge >= 0.3 is 0 Å². The molecule has 0 aliphatic carbocycles. The van der Waals surface area contributed by atoms with E-state index >= 15 is 0 Å². The summed E-state index contributed by atoms with van der Waals surface area (Å²) in [5.74, 6) is 1.15. The monoisotopic (exact) mass is 373 g/mol. The Kier molecular flexibility index (Phi) is 5.66. The number of aromatic nitrogens is 1. The average Bonchev–Trinajstić information content (AvgIpc) is 3.03. The van der Waals surface area contributed by atoms with Crippen LogP contribution in [0.4, 0.5) is 11.5 Å². The molecule has 26 heavy (non-hydrogen) atoms. The van der Waals surface area contributed by atoms with E-state index in [9.17, 15) is 9.59 Å². The van der Waals surface area contributed by atoms with Crippen LogP contribution in [0.1, 0.15) is 30.2 Å². The van der Waals surface area contributed by atoms with Crippen LogP contribution < -0.4 is 10.2 Å². The fourth-order valence-electron chi connectivity index (χ4n) is 3.10. The third-order valence-electron chi connectivity index (χ3n) is 4.43. The number of hydrogen-bond donors (Lipinski definition) is 1. The molecule has 0 saturated heterocycles. The average molecular weight is 373 g/mol. The highest BCUT2D eigenvalue weighted by Gasteiger charge is 2.25. The van der Waals surface area contributed by atoms with Gasteiger partial charge in [-0.2, -0.15) is 0 Å². The Hall–Kier alpha value is -2.28. The number of amides is 2. The number of aryl methyl sites for hydroxylation is 3. The Morgan fingerprint density at radius 1 is 1.38 bits per heavy atom. The number of thioether (sulfide) groups is 1. The summed E-state index contributed by atoms with van der Waals surface area (Å²) in [6, 6.07) is 7.82. The number of nitrogens with one attached hydrogen (secondary N) is 1. The van der Waals surface area contributed by atoms with Crippen molar-refractivity contribution in [3.05, 3.63) is 41.2 Å². The van der Waals surface area contributed by atoms with Crippen molar-refractivity contribution < 1.29 is 14.1 Å². The quantitative estimate of drug-likeness (QED) is 0.870. The maximum absolute atomic E-state index is 12.7. The second kappa shape index (κ2) is 7.95.